The molecule has 0 radical (unpaired) electrons. The summed E-state index contributed by atoms with van der Waals surface area (Å²) in [4.78, 5) is 12.4. The summed E-state index contributed by atoms with van der Waals surface area (Å²) in [6.45, 7) is 3.87. The van der Waals surface area contributed by atoms with Crippen molar-refractivity contribution in [2.45, 2.75) is 26.4 Å². The Hall–Kier alpha value is -1.24. The summed E-state index contributed by atoms with van der Waals surface area (Å²) in [6.07, 6.45) is -0.962. The molecule has 0 spiro atoms. The van der Waals surface area contributed by atoms with Gasteiger partial charge in [0.25, 0.3) is 0 Å². The summed E-state index contributed by atoms with van der Waals surface area (Å²) in [5, 5.41) is 13.3. The van der Waals surface area contributed by atoms with E-state index in [0.717, 1.165) is 0 Å². The third-order valence-corrected chi connectivity index (χ3v) is 3.19. The number of amides is 1. The molecule has 1 heterocycles. The van der Waals surface area contributed by atoms with E-state index in [2.05, 4.69) is 21.0 Å². The van der Waals surface area contributed by atoms with Crippen molar-refractivity contribution in [3.05, 3.63) is 10.2 Å². The number of aromatic nitrogens is 2. The smallest absolute Gasteiger partial charge is 0.407 e. The second-order valence-electron chi connectivity index (χ2n) is 3.90. The molecule has 1 aromatic heterocycles. The number of rotatable bonds is 4. The van der Waals surface area contributed by atoms with Crippen LogP contribution in [0.25, 0.3) is 0 Å². The van der Waals surface area contributed by atoms with Crippen molar-refractivity contribution in [3.63, 3.8) is 0 Å². The Balaban J connectivity index is 2.98. The summed E-state index contributed by atoms with van der Waals surface area (Å²) in [5.74, 6) is 0.578. The molecule has 1 N–H and O–H groups in total. The van der Waals surface area contributed by atoms with Crippen molar-refractivity contribution >= 4 is 22.0 Å². The summed E-state index contributed by atoms with van der Waals surface area (Å²) in [7, 11) is 3.29. The molecule has 1 amide bonds. The molecule has 96 valence electrons. The largest absolute Gasteiger partial charge is 0.480 e. The average Bonchev–Trinajstić information content (AvgIpc) is 2.49. The summed E-state index contributed by atoms with van der Waals surface area (Å²) < 4.78 is 7.41. The molecule has 0 saturated carbocycles. The maximum atomic E-state index is 11.1. The van der Waals surface area contributed by atoms with E-state index < -0.39 is 6.09 Å². The fourth-order valence-electron chi connectivity index (χ4n) is 1.49. The molecule has 17 heavy (non-hydrogen) atoms. The highest BCUT2D eigenvalue weighted by Crippen LogP contribution is 2.28. The third-order valence-electron chi connectivity index (χ3n) is 2.39. The number of halogens is 1. The predicted octanol–water partition coefficient (Wildman–Crippen LogP) is 2.08. The van der Waals surface area contributed by atoms with E-state index in [9.17, 15) is 4.79 Å². The fourth-order valence-corrected chi connectivity index (χ4v) is 2.11. The second kappa shape index (κ2) is 5.39. The molecular formula is C10H16BrN3O3. The van der Waals surface area contributed by atoms with E-state index in [1.165, 1.54) is 4.90 Å². The van der Waals surface area contributed by atoms with Gasteiger partial charge in [0, 0.05) is 13.1 Å². The first-order valence-electron chi connectivity index (χ1n) is 5.13. The van der Waals surface area contributed by atoms with Crippen LogP contribution in [0.5, 0.6) is 5.88 Å². The number of hydrogen-bond donors (Lipinski definition) is 1. The average molecular weight is 306 g/mol. The third kappa shape index (κ3) is 2.91. The Kier molecular flexibility index (Phi) is 4.39. The Morgan fingerprint density at radius 2 is 2.24 bits per heavy atom. The van der Waals surface area contributed by atoms with Crippen molar-refractivity contribution in [2.75, 3.05) is 7.11 Å². The van der Waals surface area contributed by atoms with E-state index in [1.807, 2.05) is 13.8 Å². The van der Waals surface area contributed by atoms with Gasteiger partial charge in [-0.25, -0.2) is 9.48 Å². The van der Waals surface area contributed by atoms with Crippen molar-refractivity contribution in [1.82, 2.24) is 14.7 Å². The molecule has 0 saturated heterocycles. The number of methoxy groups -OCH3 is 1. The minimum Gasteiger partial charge on any atom is -0.480 e. The molecule has 0 aliphatic heterocycles. The zero-order valence-corrected chi connectivity index (χ0v) is 11.9. The number of aryl methyl sites for hydroxylation is 1. The molecule has 0 unspecified atom stereocenters. The Labute approximate surface area is 108 Å². The SMILES string of the molecule is COc1c(Br)c(CN(C(=O)O)C(C)C)nn1C. The molecule has 0 aliphatic rings. The molecule has 1 aromatic rings. The zero-order chi connectivity index (χ0) is 13.2. The van der Waals surface area contributed by atoms with Crippen LogP contribution < -0.4 is 4.74 Å². The van der Waals surface area contributed by atoms with Gasteiger partial charge in [-0.1, -0.05) is 0 Å². The van der Waals surface area contributed by atoms with Crippen LogP contribution in [0, 0.1) is 0 Å². The van der Waals surface area contributed by atoms with Crippen LogP contribution in [0.1, 0.15) is 19.5 Å². The van der Waals surface area contributed by atoms with Crippen LogP contribution in [0.4, 0.5) is 4.79 Å². The molecule has 0 fully saturated rings. The summed E-state index contributed by atoms with van der Waals surface area (Å²) in [6, 6.07) is -0.104. The Morgan fingerprint density at radius 1 is 1.65 bits per heavy atom. The van der Waals surface area contributed by atoms with Gasteiger partial charge in [-0.2, -0.15) is 5.10 Å². The van der Waals surface area contributed by atoms with Gasteiger partial charge >= 0.3 is 6.09 Å². The van der Waals surface area contributed by atoms with E-state index >= 15 is 0 Å². The lowest BCUT2D eigenvalue weighted by atomic mass is 10.3. The monoisotopic (exact) mass is 305 g/mol. The Bertz CT molecular complexity index is 417. The van der Waals surface area contributed by atoms with Crippen molar-refractivity contribution in [2.24, 2.45) is 7.05 Å². The molecule has 0 aliphatic carbocycles. The van der Waals surface area contributed by atoms with Crippen LogP contribution in [-0.2, 0) is 13.6 Å². The molecule has 1 rings (SSSR count). The van der Waals surface area contributed by atoms with Crippen molar-refractivity contribution in [1.29, 1.82) is 0 Å². The number of carboxylic acid groups (broad SMARTS) is 1. The van der Waals surface area contributed by atoms with Gasteiger partial charge in [0.1, 0.15) is 10.2 Å². The van der Waals surface area contributed by atoms with E-state index in [4.69, 9.17) is 9.84 Å². The maximum Gasteiger partial charge on any atom is 0.407 e. The number of hydrogen-bond acceptors (Lipinski definition) is 3. The van der Waals surface area contributed by atoms with Gasteiger partial charge in [-0.15, -0.1) is 0 Å². The number of carbonyl (C=O) groups is 1. The van der Waals surface area contributed by atoms with Crippen LogP contribution in [0.2, 0.25) is 0 Å². The molecule has 0 atom stereocenters. The zero-order valence-electron chi connectivity index (χ0n) is 10.3. The molecule has 7 heteroatoms. The van der Waals surface area contributed by atoms with Gasteiger partial charge in [-0.05, 0) is 29.8 Å². The quantitative estimate of drug-likeness (QED) is 0.925. The maximum absolute atomic E-state index is 11.1. The summed E-state index contributed by atoms with van der Waals surface area (Å²) >= 11 is 3.36. The van der Waals surface area contributed by atoms with E-state index in [-0.39, 0.29) is 12.6 Å². The molecule has 0 bridgehead atoms. The first kappa shape index (κ1) is 13.8. The predicted molar refractivity (Wildman–Crippen MR) is 66.2 cm³/mol. The lowest BCUT2D eigenvalue weighted by Gasteiger charge is -2.22. The first-order chi connectivity index (χ1) is 7.88. The lowest BCUT2D eigenvalue weighted by molar-refractivity contribution is 0.127. The molecular weight excluding hydrogens is 290 g/mol. The highest BCUT2D eigenvalue weighted by molar-refractivity contribution is 9.10. The van der Waals surface area contributed by atoms with Crippen molar-refractivity contribution < 1.29 is 14.6 Å². The van der Waals surface area contributed by atoms with E-state index in [1.54, 1.807) is 18.8 Å². The molecule has 0 aromatic carbocycles. The highest BCUT2D eigenvalue weighted by atomic mass is 79.9. The first-order valence-corrected chi connectivity index (χ1v) is 5.92. The number of nitrogens with zero attached hydrogens (tertiary/aromatic N) is 3. The van der Waals surface area contributed by atoms with Crippen LogP contribution >= 0.6 is 15.9 Å². The standard InChI is InChI=1S/C10H16BrN3O3/c1-6(2)14(10(15)16)5-7-8(11)9(17-4)13(3)12-7/h6H,5H2,1-4H3,(H,15,16). The van der Waals surface area contributed by atoms with Gasteiger partial charge in [0.2, 0.25) is 5.88 Å². The van der Waals surface area contributed by atoms with Crippen molar-refractivity contribution in [3.8, 4) is 5.88 Å². The minimum atomic E-state index is -0.962. The minimum absolute atomic E-state index is 0.104. The normalized spacial score (nSPS) is 10.7. The van der Waals surface area contributed by atoms with Gasteiger partial charge in [0.15, 0.2) is 0 Å². The van der Waals surface area contributed by atoms with Crippen LogP contribution in [-0.4, -0.2) is 39.0 Å². The van der Waals surface area contributed by atoms with Gasteiger partial charge in [0.05, 0.1) is 13.7 Å². The van der Waals surface area contributed by atoms with E-state index in [0.29, 0.717) is 16.0 Å². The molecule has 6 nitrogen and oxygen atoms in total. The topological polar surface area (TPSA) is 67.6 Å². The van der Waals surface area contributed by atoms with Crippen LogP contribution in [0.15, 0.2) is 4.47 Å². The second-order valence-corrected chi connectivity index (χ2v) is 4.69. The van der Waals surface area contributed by atoms with Crippen LogP contribution in [0.3, 0.4) is 0 Å². The van der Waals surface area contributed by atoms with Gasteiger partial charge in [-0.3, -0.25) is 4.90 Å². The Morgan fingerprint density at radius 3 is 2.59 bits per heavy atom. The number of ether oxygens (including phenoxy) is 1. The highest BCUT2D eigenvalue weighted by Gasteiger charge is 2.21. The lowest BCUT2D eigenvalue weighted by Crippen LogP contribution is -2.35. The fraction of sp³-hybridized carbons (Fsp3) is 0.600. The summed E-state index contributed by atoms with van der Waals surface area (Å²) in [5.41, 5.74) is 0.639. The van der Waals surface area contributed by atoms with Gasteiger partial charge < -0.3 is 9.84 Å².